The molecule has 1 fully saturated rings. The summed E-state index contributed by atoms with van der Waals surface area (Å²) >= 11 is 0. The minimum absolute atomic E-state index is 0.0960. The molecule has 0 amide bonds. The first kappa shape index (κ1) is 25.8. The highest BCUT2D eigenvalue weighted by molar-refractivity contribution is 5.83. The molecule has 10 heteroatoms. The van der Waals surface area contributed by atoms with Crippen molar-refractivity contribution in [1.82, 2.24) is 24.4 Å². The molecule has 3 heterocycles. The monoisotopic (exact) mass is 476 g/mol. The van der Waals surface area contributed by atoms with Crippen molar-refractivity contribution in [2.45, 2.75) is 40.2 Å². The van der Waals surface area contributed by atoms with Crippen molar-refractivity contribution in [1.29, 1.82) is 0 Å². The van der Waals surface area contributed by atoms with E-state index in [4.69, 9.17) is 9.47 Å². The molecule has 0 radical (unpaired) electrons. The number of halogens is 2. The summed E-state index contributed by atoms with van der Waals surface area (Å²) in [4.78, 5) is 15.8. The molecular weight excluding hydrogens is 442 g/mol. The lowest BCUT2D eigenvalue weighted by atomic mass is 10.2. The number of hydrogen-bond donors (Lipinski definition) is 1. The summed E-state index contributed by atoms with van der Waals surface area (Å²) in [6, 6.07) is 4.37. The summed E-state index contributed by atoms with van der Waals surface area (Å²) in [5.41, 5.74) is 1.29. The highest BCUT2D eigenvalue weighted by Crippen LogP contribution is 2.23. The topological polar surface area (TPSA) is 77.3 Å². The number of hydrogen-bond acceptors (Lipinski definition) is 7. The van der Waals surface area contributed by atoms with Gasteiger partial charge in [0.05, 0.1) is 32.7 Å². The highest BCUT2D eigenvalue weighted by Gasteiger charge is 2.17. The van der Waals surface area contributed by atoms with Crippen LogP contribution in [-0.2, 0) is 11.3 Å². The van der Waals surface area contributed by atoms with Crippen LogP contribution in [0, 0.1) is 11.6 Å². The van der Waals surface area contributed by atoms with Crippen molar-refractivity contribution in [2.24, 2.45) is 0 Å². The summed E-state index contributed by atoms with van der Waals surface area (Å²) in [7, 11) is 0. The summed E-state index contributed by atoms with van der Waals surface area (Å²) < 4.78 is 40.7. The van der Waals surface area contributed by atoms with E-state index in [1.165, 1.54) is 6.07 Å². The number of imidazole rings is 1. The fourth-order valence-electron chi connectivity index (χ4n) is 3.55. The number of rotatable bonds is 10. The third kappa shape index (κ3) is 6.60. The average molecular weight is 477 g/mol. The van der Waals surface area contributed by atoms with Crippen molar-refractivity contribution in [3.05, 3.63) is 41.7 Å². The van der Waals surface area contributed by atoms with E-state index in [1.807, 2.05) is 13.8 Å². The van der Waals surface area contributed by atoms with Gasteiger partial charge in [-0.15, -0.1) is 0 Å². The summed E-state index contributed by atoms with van der Waals surface area (Å²) in [6.45, 7) is 11.5. The standard InChI is InChI=1S/C22H28F2N6O2.C2H6/c1-2-3-11-32-22-27-20(25-7-8-29-9-12-31-13-10-29)19-21(28-22)30(15-26-19)14-16-5-4-6-17(23)18(16)24;1-2/h4-6,15H,2-3,7-14H2,1H3,(H,25,27,28);1-2H3. The first-order valence-corrected chi connectivity index (χ1v) is 12.0. The predicted octanol–water partition coefficient (Wildman–Crippen LogP) is 4.10. The van der Waals surface area contributed by atoms with Gasteiger partial charge in [-0.1, -0.05) is 39.3 Å². The van der Waals surface area contributed by atoms with Gasteiger partial charge in [-0.2, -0.15) is 9.97 Å². The molecule has 1 saturated heterocycles. The van der Waals surface area contributed by atoms with E-state index in [-0.39, 0.29) is 18.1 Å². The smallest absolute Gasteiger partial charge is 0.320 e. The van der Waals surface area contributed by atoms with Crippen molar-refractivity contribution in [3.63, 3.8) is 0 Å². The number of anilines is 1. The normalized spacial score (nSPS) is 14.0. The molecule has 0 aliphatic carbocycles. The number of nitrogens with zero attached hydrogens (tertiary/aromatic N) is 5. The van der Waals surface area contributed by atoms with E-state index < -0.39 is 11.6 Å². The van der Waals surface area contributed by atoms with Crippen LogP contribution >= 0.6 is 0 Å². The Hall–Kier alpha value is -2.85. The molecule has 1 N–H and O–H groups in total. The zero-order chi connectivity index (χ0) is 24.3. The van der Waals surface area contributed by atoms with Crippen LogP contribution in [0.3, 0.4) is 0 Å². The summed E-state index contributed by atoms with van der Waals surface area (Å²) in [6.07, 6.45) is 3.44. The number of morpholine rings is 1. The molecular formula is C24H34F2N6O2. The van der Waals surface area contributed by atoms with E-state index >= 15 is 0 Å². The maximum Gasteiger partial charge on any atom is 0.320 e. The zero-order valence-electron chi connectivity index (χ0n) is 20.2. The number of fused-ring (bicyclic) bond motifs is 1. The lowest BCUT2D eigenvalue weighted by molar-refractivity contribution is 0.0398. The van der Waals surface area contributed by atoms with Gasteiger partial charge >= 0.3 is 6.01 Å². The first-order valence-electron chi connectivity index (χ1n) is 12.0. The van der Waals surface area contributed by atoms with Crippen LogP contribution in [0.4, 0.5) is 14.6 Å². The largest absolute Gasteiger partial charge is 0.463 e. The van der Waals surface area contributed by atoms with Crippen molar-refractivity contribution in [3.8, 4) is 6.01 Å². The quantitative estimate of drug-likeness (QED) is 0.442. The molecule has 8 nitrogen and oxygen atoms in total. The zero-order valence-corrected chi connectivity index (χ0v) is 20.2. The number of benzene rings is 1. The van der Waals surface area contributed by atoms with Gasteiger partial charge < -0.3 is 19.4 Å². The minimum Gasteiger partial charge on any atom is -0.463 e. The molecule has 1 aliphatic rings. The van der Waals surface area contributed by atoms with Gasteiger partial charge in [0.25, 0.3) is 0 Å². The van der Waals surface area contributed by atoms with Crippen molar-refractivity contribution in [2.75, 3.05) is 51.3 Å². The van der Waals surface area contributed by atoms with Gasteiger partial charge in [-0.25, -0.2) is 13.8 Å². The Morgan fingerprint density at radius 1 is 1.15 bits per heavy atom. The summed E-state index contributed by atoms with van der Waals surface area (Å²) in [5.74, 6) is -1.18. The van der Waals surface area contributed by atoms with E-state index in [0.29, 0.717) is 30.1 Å². The molecule has 34 heavy (non-hydrogen) atoms. The Morgan fingerprint density at radius 2 is 1.94 bits per heavy atom. The number of unbranched alkanes of at least 4 members (excludes halogenated alkanes) is 1. The van der Waals surface area contributed by atoms with Gasteiger partial charge in [-0.3, -0.25) is 4.90 Å². The van der Waals surface area contributed by atoms with E-state index in [9.17, 15) is 8.78 Å². The van der Waals surface area contributed by atoms with Gasteiger partial charge in [0.1, 0.15) is 0 Å². The lowest BCUT2D eigenvalue weighted by Crippen LogP contribution is -2.39. The molecule has 3 aromatic rings. The molecule has 4 rings (SSSR count). The molecule has 1 aliphatic heterocycles. The summed E-state index contributed by atoms with van der Waals surface area (Å²) in [5, 5.41) is 3.34. The molecule has 0 unspecified atom stereocenters. The van der Waals surface area contributed by atoms with Gasteiger partial charge in [0.2, 0.25) is 0 Å². The van der Waals surface area contributed by atoms with E-state index in [1.54, 1.807) is 17.0 Å². The van der Waals surface area contributed by atoms with Crippen LogP contribution in [0.2, 0.25) is 0 Å². The third-order valence-electron chi connectivity index (χ3n) is 5.37. The molecule has 186 valence electrons. The Kier molecular flexibility index (Phi) is 9.96. The molecule has 1 aromatic carbocycles. The fraction of sp³-hybridized carbons (Fsp3) is 0.542. The van der Waals surface area contributed by atoms with Gasteiger partial charge in [0.15, 0.2) is 28.6 Å². The van der Waals surface area contributed by atoms with Crippen molar-refractivity contribution >= 4 is 17.0 Å². The van der Waals surface area contributed by atoms with Crippen LogP contribution < -0.4 is 10.1 Å². The molecule has 0 spiro atoms. The van der Waals surface area contributed by atoms with E-state index in [0.717, 1.165) is 51.8 Å². The third-order valence-corrected chi connectivity index (χ3v) is 5.37. The highest BCUT2D eigenvalue weighted by atomic mass is 19.2. The number of nitrogens with one attached hydrogen (secondary N) is 1. The predicted molar refractivity (Wildman–Crippen MR) is 128 cm³/mol. The van der Waals surface area contributed by atoms with E-state index in [2.05, 4.69) is 32.1 Å². The fourth-order valence-corrected chi connectivity index (χ4v) is 3.55. The van der Waals surface area contributed by atoms with Crippen LogP contribution in [-0.4, -0.2) is 70.4 Å². The van der Waals surface area contributed by atoms with Gasteiger partial charge in [-0.05, 0) is 12.5 Å². The Labute approximate surface area is 199 Å². The number of ether oxygens (including phenoxy) is 2. The minimum atomic E-state index is -0.879. The second kappa shape index (κ2) is 13.1. The second-order valence-electron chi connectivity index (χ2n) is 7.70. The van der Waals surface area contributed by atoms with Crippen LogP contribution in [0.5, 0.6) is 6.01 Å². The Morgan fingerprint density at radius 3 is 2.71 bits per heavy atom. The van der Waals surface area contributed by atoms with Crippen LogP contribution in [0.25, 0.3) is 11.2 Å². The van der Waals surface area contributed by atoms with Crippen molar-refractivity contribution < 1.29 is 18.3 Å². The maximum atomic E-state index is 14.2. The first-order chi connectivity index (χ1) is 16.7. The van der Waals surface area contributed by atoms with Crippen LogP contribution in [0.15, 0.2) is 24.5 Å². The Balaban J connectivity index is 0.00000158. The van der Waals surface area contributed by atoms with Crippen LogP contribution in [0.1, 0.15) is 39.2 Å². The Bertz CT molecular complexity index is 1040. The molecule has 0 atom stereocenters. The maximum absolute atomic E-state index is 14.2. The van der Waals surface area contributed by atoms with Gasteiger partial charge in [0, 0.05) is 31.7 Å². The average Bonchev–Trinajstić information content (AvgIpc) is 3.27. The SMILES string of the molecule is CC.CCCCOc1nc(NCCN2CCOCC2)c2ncn(Cc3cccc(F)c3F)c2n1. The lowest BCUT2D eigenvalue weighted by Gasteiger charge is -2.26. The molecule has 2 aromatic heterocycles. The number of aromatic nitrogens is 4. The second-order valence-corrected chi connectivity index (χ2v) is 7.70. The molecule has 0 saturated carbocycles. The molecule has 0 bridgehead atoms.